The van der Waals surface area contributed by atoms with Gasteiger partial charge in [-0.15, -0.1) is 11.3 Å². The van der Waals surface area contributed by atoms with E-state index in [-0.39, 0.29) is 10.8 Å². The van der Waals surface area contributed by atoms with Gasteiger partial charge in [-0.3, -0.25) is 0 Å². The summed E-state index contributed by atoms with van der Waals surface area (Å²) in [7, 11) is 0. The van der Waals surface area contributed by atoms with Gasteiger partial charge in [0.05, 0.1) is 0 Å². The van der Waals surface area contributed by atoms with Crippen LogP contribution in [0.15, 0.2) is 11.4 Å². The standard InChI is InChI=1S/C12H20S.C2H6/c1-11(2,3)9-7-8-13-10(9)12(4,5)6;1-2/h7-8H,1-6H3;1-2H3. The highest BCUT2D eigenvalue weighted by Gasteiger charge is 2.25. The third-order valence-corrected chi connectivity index (χ3v) is 3.49. The Balaban J connectivity index is 0.000000921. The lowest BCUT2D eigenvalue weighted by molar-refractivity contribution is 0.542. The Kier molecular flexibility index (Phi) is 5.05. The van der Waals surface area contributed by atoms with Crippen molar-refractivity contribution in [2.45, 2.75) is 66.2 Å². The van der Waals surface area contributed by atoms with Crippen molar-refractivity contribution in [3.05, 3.63) is 21.9 Å². The summed E-state index contributed by atoms with van der Waals surface area (Å²) >= 11 is 1.88. The minimum absolute atomic E-state index is 0.280. The molecule has 1 heterocycles. The summed E-state index contributed by atoms with van der Waals surface area (Å²) in [6.45, 7) is 17.7. The lowest BCUT2D eigenvalue weighted by Gasteiger charge is -2.26. The minimum Gasteiger partial charge on any atom is -0.148 e. The highest BCUT2D eigenvalue weighted by Crippen LogP contribution is 2.37. The summed E-state index contributed by atoms with van der Waals surface area (Å²) in [5.74, 6) is 0. The Labute approximate surface area is 99.7 Å². The third-order valence-electron chi connectivity index (χ3n) is 2.15. The fraction of sp³-hybridized carbons (Fsp3) is 0.714. The molecule has 0 saturated carbocycles. The van der Waals surface area contributed by atoms with Gasteiger partial charge in [-0.25, -0.2) is 0 Å². The molecule has 15 heavy (non-hydrogen) atoms. The van der Waals surface area contributed by atoms with E-state index < -0.39 is 0 Å². The second kappa shape index (κ2) is 5.16. The van der Waals surface area contributed by atoms with E-state index in [2.05, 4.69) is 53.0 Å². The van der Waals surface area contributed by atoms with E-state index >= 15 is 0 Å². The molecule has 0 aliphatic rings. The van der Waals surface area contributed by atoms with Crippen LogP contribution >= 0.6 is 11.3 Å². The van der Waals surface area contributed by atoms with Gasteiger partial charge in [0.15, 0.2) is 0 Å². The van der Waals surface area contributed by atoms with Gasteiger partial charge in [-0.05, 0) is 27.8 Å². The Morgan fingerprint density at radius 3 is 1.60 bits per heavy atom. The van der Waals surface area contributed by atoms with Crippen molar-refractivity contribution in [1.29, 1.82) is 0 Å². The normalized spacial score (nSPS) is 12.0. The fourth-order valence-corrected chi connectivity index (χ4v) is 2.68. The zero-order valence-corrected chi connectivity index (χ0v) is 12.4. The first kappa shape index (κ1) is 14.7. The molecule has 0 aliphatic heterocycles. The molecule has 0 nitrogen and oxygen atoms in total. The number of hydrogen-bond acceptors (Lipinski definition) is 1. The Hall–Kier alpha value is -0.300. The molecule has 88 valence electrons. The topological polar surface area (TPSA) is 0 Å². The van der Waals surface area contributed by atoms with Gasteiger partial charge in [-0.2, -0.15) is 0 Å². The van der Waals surface area contributed by atoms with Gasteiger partial charge in [-0.1, -0.05) is 55.4 Å². The van der Waals surface area contributed by atoms with Crippen molar-refractivity contribution >= 4 is 11.3 Å². The van der Waals surface area contributed by atoms with E-state index in [4.69, 9.17) is 0 Å². The van der Waals surface area contributed by atoms with Gasteiger partial charge in [0, 0.05) is 4.88 Å². The molecule has 1 heteroatoms. The summed E-state index contributed by atoms with van der Waals surface area (Å²) in [5, 5.41) is 2.21. The van der Waals surface area contributed by atoms with Gasteiger partial charge in [0.2, 0.25) is 0 Å². The molecule has 1 aromatic heterocycles. The molecule has 0 saturated heterocycles. The average molecular weight is 226 g/mol. The average Bonchev–Trinajstić information content (AvgIpc) is 2.53. The minimum atomic E-state index is 0.280. The Morgan fingerprint density at radius 1 is 0.867 bits per heavy atom. The van der Waals surface area contributed by atoms with Crippen LogP contribution in [0.4, 0.5) is 0 Å². The number of hydrogen-bond donors (Lipinski definition) is 0. The van der Waals surface area contributed by atoms with Crippen molar-refractivity contribution in [2.24, 2.45) is 0 Å². The lowest BCUT2D eigenvalue weighted by Crippen LogP contribution is -2.19. The molecule has 0 atom stereocenters. The summed E-state index contributed by atoms with van der Waals surface area (Å²) in [4.78, 5) is 1.53. The Bertz CT molecular complexity index is 253. The van der Waals surface area contributed by atoms with Crippen LogP contribution in [0.25, 0.3) is 0 Å². The van der Waals surface area contributed by atoms with Crippen molar-refractivity contribution in [1.82, 2.24) is 0 Å². The van der Waals surface area contributed by atoms with E-state index in [0.717, 1.165) is 0 Å². The zero-order valence-electron chi connectivity index (χ0n) is 11.6. The van der Waals surface area contributed by atoms with E-state index in [1.807, 2.05) is 25.2 Å². The molecular formula is C14H26S. The van der Waals surface area contributed by atoms with Crippen molar-refractivity contribution < 1.29 is 0 Å². The van der Waals surface area contributed by atoms with Crippen LogP contribution in [0.5, 0.6) is 0 Å². The molecule has 0 bridgehead atoms. The predicted molar refractivity (Wildman–Crippen MR) is 73.1 cm³/mol. The van der Waals surface area contributed by atoms with Crippen LogP contribution in [0.1, 0.15) is 65.8 Å². The smallest absolute Gasteiger partial charge is 0.0136 e. The molecule has 1 rings (SSSR count). The molecule has 0 N–H and O–H groups in total. The van der Waals surface area contributed by atoms with Crippen LogP contribution in [0.3, 0.4) is 0 Å². The maximum absolute atomic E-state index is 2.29. The summed E-state index contributed by atoms with van der Waals surface area (Å²) in [6.07, 6.45) is 0. The SMILES string of the molecule is CC.CC(C)(C)c1ccsc1C(C)(C)C. The molecule has 0 spiro atoms. The van der Waals surface area contributed by atoms with E-state index in [1.165, 1.54) is 10.4 Å². The summed E-state index contributed by atoms with van der Waals surface area (Å²) in [5.41, 5.74) is 2.07. The zero-order chi connectivity index (χ0) is 12.3. The first-order valence-electron chi connectivity index (χ1n) is 5.81. The molecule has 0 fully saturated rings. The molecule has 0 unspecified atom stereocenters. The Morgan fingerprint density at radius 2 is 1.33 bits per heavy atom. The molecular weight excluding hydrogens is 200 g/mol. The van der Waals surface area contributed by atoms with Gasteiger partial charge in [0.25, 0.3) is 0 Å². The van der Waals surface area contributed by atoms with Crippen LogP contribution in [0, 0.1) is 0 Å². The molecule has 0 radical (unpaired) electrons. The monoisotopic (exact) mass is 226 g/mol. The quantitative estimate of drug-likeness (QED) is 0.558. The van der Waals surface area contributed by atoms with Crippen LogP contribution in [-0.2, 0) is 10.8 Å². The van der Waals surface area contributed by atoms with Crippen molar-refractivity contribution in [2.75, 3.05) is 0 Å². The molecule has 0 aromatic carbocycles. The maximum Gasteiger partial charge on any atom is 0.0136 e. The molecule has 0 amide bonds. The molecule has 0 aliphatic carbocycles. The van der Waals surface area contributed by atoms with Crippen LogP contribution < -0.4 is 0 Å². The summed E-state index contributed by atoms with van der Waals surface area (Å²) < 4.78 is 0. The van der Waals surface area contributed by atoms with Crippen molar-refractivity contribution in [3.8, 4) is 0 Å². The second-order valence-corrected chi connectivity index (χ2v) is 6.58. The fourth-order valence-electron chi connectivity index (χ4n) is 1.48. The predicted octanol–water partition coefficient (Wildman–Crippen LogP) is 5.37. The van der Waals surface area contributed by atoms with Gasteiger partial charge >= 0.3 is 0 Å². The number of thiophene rings is 1. The molecule has 1 aromatic rings. The van der Waals surface area contributed by atoms with Crippen LogP contribution in [-0.4, -0.2) is 0 Å². The summed E-state index contributed by atoms with van der Waals surface area (Å²) in [6, 6.07) is 2.27. The second-order valence-electron chi connectivity index (χ2n) is 5.66. The number of rotatable bonds is 0. The largest absolute Gasteiger partial charge is 0.148 e. The van der Waals surface area contributed by atoms with Crippen LogP contribution in [0.2, 0.25) is 0 Å². The van der Waals surface area contributed by atoms with Gasteiger partial charge < -0.3 is 0 Å². The van der Waals surface area contributed by atoms with Gasteiger partial charge in [0.1, 0.15) is 0 Å². The maximum atomic E-state index is 2.29. The first-order chi connectivity index (χ1) is 6.73. The first-order valence-corrected chi connectivity index (χ1v) is 6.69. The highest BCUT2D eigenvalue weighted by molar-refractivity contribution is 7.10. The van der Waals surface area contributed by atoms with E-state index in [1.54, 1.807) is 0 Å². The lowest BCUT2D eigenvalue weighted by atomic mass is 9.81. The highest BCUT2D eigenvalue weighted by atomic mass is 32.1. The van der Waals surface area contributed by atoms with Crippen molar-refractivity contribution in [3.63, 3.8) is 0 Å². The van der Waals surface area contributed by atoms with E-state index in [9.17, 15) is 0 Å². The third kappa shape index (κ3) is 3.98. The van der Waals surface area contributed by atoms with E-state index in [0.29, 0.717) is 0 Å².